The molecule has 0 saturated heterocycles. The third kappa shape index (κ3) is 4.72. The molecule has 1 unspecified atom stereocenters. The molecule has 0 N–H and O–H groups in total. The summed E-state index contributed by atoms with van der Waals surface area (Å²) in [5.41, 5.74) is 1.18. The van der Waals surface area contributed by atoms with Crippen LogP contribution in [0.2, 0.25) is 0 Å². The summed E-state index contributed by atoms with van der Waals surface area (Å²) in [5, 5.41) is 8.94. The van der Waals surface area contributed by atoms with E-state index in [1.54, 1.807) is 6.92 Å². The molecule has 1 aromatic carbocycles. The molecular formula is C16H21N3O3S. The highest BCUT2D eigenvalue weighted by molar-refractivity contribution is 7.99. The number of ether oxygens (including phenoxy) is 2. The molecule has 0 aliphatic heterocycles. The normalized spacial score (nSPS) is 12.0. The fourth-order valence-electron chi connectivity index (χ4n) is 2.01. The first kappa shape index (κ1) is 17.3. The average Bonchev–Trinajstić information content (AvgIpc) is 2.89. The molecule has 0 spiro atoms. The lowest BCUT2D eigenvalue weighted by atomic mass is 10.2. The molecule has 6 nitrogen and oxygen atoms in total. The molecule has 0 fully saturated rings. The van der Waals surface area contributed by atoms with Gasteiger partial charge < -0.3 is 14.0 Å². The van der Waals surface area contributed by atoms with Gasteiger partial charge >= 0.3 is 5.97 Å². The Morgan fingerprint density at radius 1 is 1.30 bits per heavy atom. The van der Waals surface area contributed by atoms with Crippen LogP contribution in [-0.2, 0) is 16.6 Å². The first-order valence-electron chi connectivity index (χ1n) is 7.42. The summed E-state index contributed by atoms with van der Waals surface area (Å²) in [5.74, 6) is 1.45. The van der Waals surface area contributed by atoms with Crippen molar-refractivity contribution in [3.63, 3.8) is 0 Å². The van der Waals surface area contributed by atoms with E-state index in [4.69, 9.17) is 9.47 Å². The zero-order chi connectivity index (χ0) is 16.8. The van der Waals surface area contributed by atoms with Crippen LogP contribution in [0.15, 0.2) is 29.4 Å². The SMILES string of the molecule is CCOC(=O)CSc1nnc(C(C)Oc2ccc(C)cc2)n1C. The van der Waals surface area contributed by atoms with Gasteiger partial charge in [0, 0.05) is 7.05 Å². The maximum absolute atomic E-state index is 11.4. The monoisotopic (exact) mass is 335 g/mol. The van der Waals surface area contributed by atoms with Crippen molar-refractivity contribution in [1.82, 2.24) is 14.8 Å². The van der Waals surface area contributed by atoms with Crippen molar-refractivity contribution in [2.24, 2.45) is 7.05 Å². The fraction of sp³-hybridized carbons (Fsp3) is 0.438. The van der Waals surface area contributed by atoms with Crippen LogP contribution in [0.3, 0.4) is 0 Å². The average molecular weight is 335 g/mol. The Balaban J connectivity index is 2.00. The van der Waals surface area contributed by atoms with Crippen LogP contribution < -0.4 is 4.74 Å². The Hall–Kier alpha value is -2.02. The summed E-state index contributed by atoms with van der Waals surface area (Å²) >= 11 is 1.30. The lowest BCUT2D eigenvalue weighted by Gasteiger charge is -2.14. The van der Waals surface area contributed by atoms with E-state index in [9.17, 15) is 4.79 Å². The number of aromatic nitrogens is 3. The molecular weight excluding hydrogens is 314 g/mol. The van der Waals surface area contributed by atoms with E-state index >= 15 is 0 Å². The van der Waals surface area contributed by atoms with Crippen molar-refractivity contribution >= 4 is 17.7 Å². The fourth-order valence-corrected chi connectivity index (χ4v) is 2.72. The molecule has 124 valence electrons. The number of carbonyl (C=O) groups is 1. The van der Waals surface area contributed by atoms with Crippen LogP contribution in [-0.4, -0.2) is 33.1 Å². The Morgan fingerprint density at radius 2 is 2.00 bits per heavy atom. The minimum Gasteiger partial charge on any atom is -0.483 e. The number of esters is 1. The van der Waals surface area contributed by atoms with Gasteiger partial charge in [-0.25, -0.2) is 0 Å². The van der Waals surface area contributed by atoms with Gasteiger partial charge in [-0.15, -0.1) is 10.2 Å². The highest BCUT2D eigenvalue weighted by atomic mass is 32.2. The highest BCUT2D eigenvalue weighted by Crippen LogP contribution is 2.23. The van der Waals surface area contributed by atoms with Crippen LogP contribution in [0.5, 0.6) is 5.75 Å². The summed E-state index contributed by atoms with van der Waals surface area (Å²) in [6.07, 6.45) is -0.243. The number of nitrogens with zero attached hydrogens (tertiary/aromatic N) is 3. The molecule has 2 rings (SSSR count). The summed E-state index contributed by atoms with van der Waals surface area (Å²) in [6.45, 7) is 6.12. The van der Waals surface area contributed by atoms with E-state index in [2.05, 4.69) is 10.2 Å². The molecule has 0 amide bonds. The van der Waals surface area contributed by atoms with Gasteiger partial charge in [0.15, 0.2) is 17.1 Å². The lowest BCUT2D eigenvalue weighted by molar-refractivity contribution is -0.139. The first-order chi connectivity index (χ1) is 11.0. The third-order valence-electron chi connectivity index (χ3n) is 3.19. The zero-order valence-electron chi connectivity index (χ0n) is 13.8. The molecule has 0 aliphatic rings. The van der Waals surface area contributed by atoms with Gasteiger partial charge in [-0.3, -0.25) is 4.79 Å². The van der Waals surface area contributed by atoms with Gasteiger partial charge in [-0.1, -0.05) is 29.5 Å². The van der Waals surface area contributed by atoms with E-state index in [-0.39, 0.29) is 17.8 Å². The predicted octanol–water partition coefficient (Wildman–Crippen LogP) is 2.92. The van der Waals surface area contributed by atoms with Gasteiger partial charge in [-0.05, 0) is 32.9 Å². The number of hydrogen-bond donors (Lipinski definition) is 0. The second kappa shape index (κ2) is 8.01. The van der Waals surface area contributed by atoms with Crippen LogP contribution in [0.25, 0.3) is 0 Å². The van der Waals surface area contributed by atoms with Crippen LogP contribution in [0, 0.1) is 6.92 Å². The Kier molecular flexibility index (Phi) is 6.04. The first-order valence-corrected chi connectivity index (χ1v) is 8.40. The number of benzene rings is 1. The third-order valence-corrected chi connectivity index (χ3v) is 4.18. The van der Waals surface area contributed by atoms with E-state index in [1.165, 1.54) is 17.3 Å². The summed E-state index contributed by atoms with van der Waals surface area (Å²) in [6, 6.07) is 7.86. The lowest BCUT2D eigenvalue weighted by Crippen LogP contribution is -2.11. The Labute approximate surface area is 140 Å². The smallest absolute Gasteiger partial charge is 0.316 e. The van der Waals surface area contributed by atoms with E-state index in [0.717, 1.165) is 5.75 Å². The predicted molar refractivity (Wildman–Crippen MR) is 88.6 cm³/mol. The van der Waals surface area contributed by atoms with Gasteiger partial charge in [0.05, 0.1) is 12.4 Å². The number of carbonyl (C=O) groups excluding carboxylic acids is 1. The summed E-state index contributed by atoms with van der Waals surface area (Å²) in [7, 11) is 1.86. The van der Waals surface area contributed by atoms with Crippen molar-refractivity contribution < 1.29 is 14.3 Å². The second-order valence-corrected chi connectivity index (χ2v) is 6.01. The standard InChI is InChI=1S/C16H21N3O3S/c1-5-21-14(20)10-23-16-18-17-15(19(16)4)12(3)22-13-8-6-11(2)7-9-13/h6-9,12H,5,10H2,1-4H3. The maximum atomic E-state index is 11.4. The van der Waals surface area contributed by atoms with Crippen LogP contribution in [0.4, 0.5) is 0 Å². The van der Waals surface area contributed by atoms with Crippen molar-refractivity contribution in [3.8, 4) is 5.75 Å². The van der Waals surface area contributed by atoms with Crippen molar-refractivity contribution in [2.75, 3.05) is 12.4 Å². The molecule has 0 saturated carbocycles. The molecule has 1 atom stereocenters. The zero-order valence-corrected chi connectivity index (χ0v) is 14.6. The van der Waals surface area contributed by atoms with E-state index in [0.29, 0.717) is 17.6 Å². The molecule has 0 aliphatic carbocycles. The molecule has 0 bridgehead atoms. The number of rotatable bonds is 7. The number of thioether (sulfide) groups is 1. The van der Waals surface area contributed by atoms with Crippen LogP contribution >= 0.6 is 11.8 Å². The second-order valence-electron chi connectivity index (χ2n) is 5.07. The quantitative estimate of drug-likeness (QED) is 0.572. The van der Waals surface area contributed by atoms with Crippen molar-refractivity contribution in [2.45, 2.75) is 32.0 Å². The van der Waals surface area contributed by atoms with Crippen LogP contribution in [0.1, 0.15) is 31.3 Å². The van der Waals surface area contributed by atoms with Gasteiger partial charge in [0.1, 0.15) is 5.75 Å². The van der Waals surface area contributed by atoms with Gasteiger partial charge in [0.25, 0.3) is 0 Å². The number of aryl methyl sites for hydroxylation is 1. The van der Waals surface area contributed by atoms with Crippen molar-refractivity contribution in [1.29, 1.82) is 0 Å². The minimum absolute atomic E-state index is 0.215. The minimum atomic E-state index is -0.258. The molecule has 2 aromatic rings. The summed E-state index contributed by atoms with van der Waals surface area (Å²) in [4.78, 5) is 11.4. The Morgan fingerprint density at radius 3 is 2.65 bits per heavy atom. The molecule has 7 heteroatoms. The van der Waals surface area contributed by atoms with E-state index < -0.39 is 0 Å². The molecule has 0 radical (unpaired) electrons. The van der Waals surface area contributed by atoms with E-state index in [1.807, 2.05) is 49.7 Å². The summed E-state index contributed by atoms with van der Waals surface area (Å²) < 4.78 is 12.6. The topological polar surface area (TPSA) is 66.2 Å². The van der Waals surface area contributed by atoms with Crippen molar-refractivity contribution in [3.05, 3.63) is 35.7 Å². The van der Waals surface area contributed by atoms with Gasteiger partial charge in [-0.2, -0.15) is 0 Å². The molecule has 1 heterocycles. The van der Waals surface area contributed by atoms with Gasteiger partial charge in [0.2, 0.25) is 0 Å². The number of hydrogen-bond acceptors (Lipinski definition) is 6. The molecule has 1 aromatic heterocycles. The maximum Gasteiger partial charge on any atom is 0.316 e. The Bertz CT molecular complexity index is 655. The molecule has 23 heavy (non-hydrogen) atoms. The largest absolute Gasteiger partial charge is 0.483 e. The highest BCUT2D eigenvalue weighted by Gasteiger charge is 2.18.